The van der Waals surface area contributed by atoms with Gasteiger partial charge in [0, 0.05) is 11.8 Å². The summed E-state index contributed by atoms with van der Waals surface area (Å²) in [5, 5.41) is 9.24. The van der Waals surface area contributed by atoms with Crippen LogP contribution in [0.3, 0.4) is 0 Å². The summed E-state index contributed by atoms with van der Waals surface area (Å²) in [4.78, 5) is 34.6. The predicted molar refractivity (Wildman–Crippen MR) is 110 cm³/mol. The second-order valence-electron chi connectivity index (χ2n) is 7.22. The van der Waals surface area contributed by atoms with Crippen LogP contribution < -0.4 is 20.6 Å². The average Bonchev–Trinajstić information content (AvgIpc) is 2.82. The molecule has 190 valence electrons. The van der Waals surface area contributed by atoms with Crippen LogP contribution in [0.1, 0.15) is 34.6 Å². The molecule has 0 radical (unpaired) electrons. The zero-order chi connectivity index (χ0) is 26.8. The predicted octanol–water partition coefficient (Wildman–Crippen LogP) is 3.65. The molecule has 2 heterocycles. The number of alkyl halides is 6. The van der Waals surface area contributed by atoms with E-state index < -0.39 is 70.5 Å². The first kappa shape index (κ1) is 26.3. The van der Waals surface area contributed by atoms with Gasteiger partial charge >= 0.3 is 12.3 Å². The Morgan fingerprint density at radius 1 is 1.17 bits per heavy atom. The number of hydrogen-bond acceptors (Lipinski definition) is 7. The minimum atomic E-state index is -5.00. The summed E-state index contributed by atoms with van der Waals surface area (Å²) < 4.78 is 92.2. The molecule has 3 aromatic rings. The van der Waals surface area contributed by atoms with Crippen LogP contribution in [0, 0.1) is 18.3 Å². The van der Waals surface area contributed by atoms with Gasteiger partial charge in [-0.15, -0.1) is 0 Å². The van der Waals surface area contributed by atoms with E-state index in [9.17, 15) is 41.2 Å². The number of methoxy groups -OCH3 is 1. The molecule has 1 N–H and O–H groups in total. The van der Waals surface area contributed by atoms with E-state index in [4.69, 9.17) is 9.47 Å². The Balaban J connectivity index is 2.25. The summed E-state index contributed by atoms with van der Waals surface area (Å²) >= 11 is 0. The normalized spacial score (nSPS) is 11.6. The highest BCUT2D eigenvalue weighted by Crippen LogP contribution is 2.42. The maximum Gasteiger partial charge on any atom is 0.352 e. The lowest BCUT2D eigenvalue weighted by molar-refractivity contribution is -0.139. The molecule has 0 aliphatic carbocycles. The van der Waals surface area contributed by atoms with Crippen LogP contribution in [0.4, 0.5) is 26.3 Å². The number of hydrogen-bond donors (Lipinski definition) is 1. The van der Waals surface area contributed by atoms with Gasteiger partial charge in [-0.05, 0) is 19.1 Å². The second-order valence-corrected chi connectivity index (χ2v) is 7.22. The third-order valence-corrected chi connectivity index (χ3v) is 4.79. The van der Waals surface area contributed by atoms with Gasteiger partial charge in [-0.25, -0.2) is 27.5 Å². The van der Waals surface area contributed by atoms with Crippen LogP contribution in [0.25, 0.3) is 0 Å². The van der Waals surface area contributed by atoms with Gasteiger partial charge < -0.3 is 14.5 Å². The Labute approximate surface area is 197 Å². The number of halogens is 6. The topological polar surface area (TPSA) is 123 Å². The van der Waals surface area contributed by atoms with Gasteiger partial charge in [0.15, 0.2) is 17.2 Å². The fourth-order valence-corrected chi connectivity index (χ4v) is 3.05. The first-order valence-electron chi connectivity index (χ1n) is 9.79. The fraction of sp³-hybridized carbons (Fsp3) is 0.286. The minimum absolute atomic E-state index is 0.118. The Bertz CT molecular complexity index is 1450. The number of nitrogens with zero attached hydrogens (tertiary/aromatic N) is 4. The molecule has 0 unspecified atom stereocenters. The SMILES string of the molecule is COc1c(C#N)cc(C(F)F)cc1Oc1c(C(F)(F)C(F)F)ncn(Cc2cnc(C)[nH]c2=O)c1=O. The molecule has 9 nitrogen and oxygen atoms in total. The Kier molecular flexibility index (Phi) is 7.37. The third-order valence-electron chi connectivity index (χ3n) is 4.79. The first-order valence-corrected chi connectivity index (χ1v) is 9.79. The van der Waals surface area contributed by atoms with Crippen molar-refractivity contribution in [3.8, 4) is 23.3 Å². The van der Waals surface area contributed by atoms with Gasteiger partial charge in [0.2, 0.25) is 5.75 Å². The van der Waals surface area contributed by atoms with E-state index in [-0.39, 0.29) is 11.4 Å². The highest BCUT2D eigenvalue weighted by atomic mass is 19.3. The van der Waals surface area contributed by atoms with Crippen molar-refractivity contribution in [1.29, 1.82) is 5.26 Å². The van der Waals surface area contributed by atoms with Gasteiger partial charge in [-0.3, -0.25) is 14.2 Å². The Hall–Kier alpha value is -4.35. The summed E-state index contributed by atoms with van der Waals surface area (Å²) in [6, 6.07) is 2.89. The lowest BCUT2D eigenvalue weighted by Crippen LogP contribution is -2.32. The van der Waals surface area contributed by atoms with Crippen LogP contribution in [0.15, 0.2) is 34.2 Å². The van der Waals surface area contributed by atoms with E-state index >= 15 is 0 Å². The molecule has 2 aromatic heterocycles. The molecule has 0 bridgehead atoms. The number of nitriles is 1. The average molecular weight is 515 g/mol. The molecule has 1 aromatic carbocycles. The number of H-pyrrole nitrogens is 1. The molecular weight excluding hydrogens is 500 g/mol. The largest absolute Gasteiger partial charge is 0.492 e. The maximum atomic E-state index is 14.3. The molecule has 0 aliphatic heterocycles. The van der Waals surface area contributed by atoms with Crippen molar-refractivity contribution in [2.45, 2.75) is 32.2 Å². The zero-order valence-corrected chi connectivity index (χ0v) is 18.4. The Morgan fingerprint density at radius 2 is 1.86 bits per heavy atom. The van der Waals surface area contributed by atoms with Crippen molar-refractivity contribution in [2.24, 2.45) is 0 Å². The van der Waals surface area contributed by atoms with Crippen LogP contribution in [-0.2, 0) is 12.5 Å². The quantitative estimate of drug-likeness (QED) is 0.455. The number of aryl methyl sites for hydroxylation is 1. The van der Waals surface area contributed by atoms with Crippen molar-refractivity contribution >= 4 is 0 Å². The molecule has 0 spiro atoms. The van der Waals surface area contributed by atoms with E-state index in [1.165, 1.54) is 6.92 Å². The highest BCUT2D eigenvalue weighted by Gasteiger charge is 2.48. The molecule has 0 aliphatic rings. The number of benzene rings is 1. The first-order chi connectivity index (χ1) is 16.9. The van der Waals surface area contributed by atoms with E-state index in [2.05, 4.69) is 15.0 Å². The summed E-state index contributed by atoms with van der Waals surface area (Å²) in [7, 11) is 0.998. The lowest BCUT2D eigenvalue weighted by atomic mass is 10.1. The molecule has 0 fully saturated rings. The van der Waals surface area contributed by atoms with Gasteiger partial charge in [0.25, 0.3) is 17.5 Å². The lowest BCUT2D eigenvalue weighted by Gasteiger charge is -2.20. The van der Waals surface area contributed by atoms with Crippen molar-refractivity contribution < 1.29 is 35.8 Å². The number of nitrogens with one attached hydrogen (secondary N) is 1. The number of aromatic amines is 1. The van der Waals surface area contributed by atoms with Crippen molar-refractivity contribution in [2.75, 3.05) is 7.11 Å². The highest BCUT2D eigenvalue weighted by molar-refractivity contribution is 5.56. The molecule has 0 saturated carbocycles. The molecule has 0 saturated heterocycles. The van der Waals surface area contributed by atoms with Crippen LogP contribution in [-0.4, -0.2) is 33.1 Å². The number of aromatic nitrogens is 4. The van der Waals surface area contributed by atoms with E-state index in [1.807, 2.05) is 0 Å². The van der Waals surface area contributed by atoms with Crippen LogP contribution in [0.5, 0.6) is 17.2 Å². The zero-order valence-electron chi connectivity index (χ0n) is 18.4. The summed E-state index contributed by atoms with van der Waals surface area (Å²) in [5.74, 6) is -7.54. The maximum absolute atomic E-state index is 14.3. The van der Waals surface area contributed by atoms with Gasteiger partial charge in [-0.1, -0.05) is 0 Å². The minimum Gasteiger partial charge on any atom is -0.492 e. The van der Waals surface area contributed by atoms with E-state index in [1.54, 1.807) is 6.07 Å². The summed E-state index contributed by atoms with van der Waals surface area (Å²) in [6.45, 7) is 0.894. The smallest absolute Gasteiger partial charge is 0.352 e. The molecule has 3 rings (SSSR count). The monoisotopic (exact) mass is 515 g/mol. The molecule has 0 amide bonds. The Morgan fingerprint density at radius 3 is 2.42 bits per heavy atom. The fourth-order valence-electron chi connectivity index (χ4n) is 3.05. The number of ether oxygens (including phenoxy) is 2. The summed E-state index contributed by atoms with van der Waals surface area (Å²) in [6.07, 6.45) is -5.89. The van der Waals surface area contributed by atoms with Gasteiger partial charge in [-0.2, -0.15) is 14.0 Å². The number of rotatable bonds is 8. The van der Waals surface area contributed by atoms with Gasteiger partial charge in [0.05, 0.1) is 31.1 Å². The standard InChI is InChI=1S/C21H15F6N5O4/c1-9-29-6-12(18(33)31-9)7-32-8-30-16(21(26,27)20(24)25)15(19(32)34)36-13-4-10(17(22)23)3-11(5-28)14(13)35-2/h3-4,6,8,17,20H,7H2,1-2H3,(H,29,31,33). The van der Waals surface area contributed by atoms with Crippen molar-refractivity contribution in [1.82, 2.24) is 19.5 Å². The van der Waals surface area contributed by atoms with Crippen LogP contribution in [0.2, 0.25) is 0 Å². The van der Waals surface area contributed by atoms with E-state index in [0.29, 0.717) is 17.0 Å². The molecule has 0 atom stereocenters. The van der Waals surface area contributed by atoms with Crippen molar-refractivity contribution in [3.05, 3.63) is 73.6 Å². The van der Waals surface area contributed by atoms with Gasteiger partial charge in [0.1, 0.15) is 11.9 Å². The molecule has 15 heteroatoms. The molecule has 36 heavy (non-hydrogen) atoms. The third kappa shape index (κ3) is 5.02. The summed E-state index contributed by atoms with van der Waals surface area (Å²) in [5.41, 5.74) is -5.35. The molecular formula is C21H15F6N5O4. The van der Waals surface area contributed by atoms with Crippen LogP contribution >= 0.6 is 0 Å². The van der Waals surface area contributed by atoms with Crippen molar-refractivity contribution in [3.63, 3.8) is 0 Å². The van der Waals surface area contributed by atoms with E-state index in [0.717, 1.165) is 19.4 Å². The second kappa shape index (κ2) is 10.1.